The number of carbonyl (C=O) groups is 2. The van der Waals surface area contributed by atoms with Gasteiger partial charge in [0.05, 0.1) is 18.2 Å². The lowest BCUT2D eigenvalue weighted by Gasteiger charge is -2.15. The van der Waals surface area contributed by atoms with E-state index < -0.39 is 6.04 Å². The first kappa shape index (κ1) is 18.2. The molecule has 0 bridgehead atoms. The highest BCUT2D eigenvalue weighted by molar-refractivity contribution is 6.35. The van der Waals surface area contributed by atoms with Gasteiger partial charge in [0.2, 0.25) is 5.91 Å². The van der Waals surface area contributed by atoms with Crippen molar-refractivity contribution in [1.29, 1.82) is 0 Å². The lowest BCUT2D eigenvalue weighted by atomic mass is 10.1. The highest BCUT2D eigenvalue weighted by Gasteiger charge is 2.39. The average Bonchev–Trinajstić information content (AvgIpc) is 2.85. The van der Waals surface area contributed by atoms with Gasteiger partial charge in [0.15, 0.2) is 0 Å². The van der Waals surface area contributed by atoms with Crippen molar-refractivity contribution in [1.82, 2.24) is 5.32 Å². The summed E-state index contributed by atoms with van der Waals surface area (Å²) in [6, 6.07) is 11.4. The van der Waals surface area contributed by atoms with E-state index in [9.17, 15) is 9.59 Å². The zero-order valence-electron chi connectivity index (χ0n) is 13.1. The zero-order valence-corrected chi connectivity index (χ0v) is 15.4. The largest absolute Gasteiger partial charge is 0.305 e. The lowest BCUT2D eigenvalue weighted by molar-refractivity contribution is -0.121. The molecule has 1 fully saturated rings. The molecule has 1 aliphatic rings. The molecule has 1 saturated heterocycles. The fourth-order valence-electron chi connectivity index (χ4n) is 2.76. The molecule has 2 aromatic rings. The quantitative estimate of drug-likeness (QED) is 0.772. The van der Waals surface area contributed by atoms with Gasteiger partial charge >= 0.3 is 0 Å². The third-order valence-electron chi connectivity index (χ3n) is 4.03. The van der Waals surface area contributed by atoms with Crippen LogP contribution >= 0.6 is 34.8 Å². The van der Waals surface area contributed by atoms with E-state index in [1.807, 2.05) is 6.07 Å². The number of hydrogen-bond acceptors (Lipinski definition) is 3. The monoisotopic (exact) mass is 396 g/mol. The second kappa shape index (κ2) is 7.75. The summed E-state index contributed by atoms with van der Waals surface area (Å²) in [4.78, 5) is 25.9. The maximum Gasteiger partial charge on any atom is 0.251 e. The minimum atomic E-state index is -0.533. The summed E-state index contributed by atoms with van der Waals surface area (Å²) < 4.78 is 0. The van der Waals surface area contributed by atoms with Crippen molar-refractivity contribution in [2.75, 3.05) is 11.4 Å². The van der Waals surface area contributed by atoms with Gasteiger partial charge in [-0.15, -0.1) is 0 Å². The average molecular weight is 398 g/mol. The Bertz CT molecular complexity index is 808. The summed E-state index contributed by atoms with van der Waals surface area (Å²) in [5, 5.41) is 4.86. The van der Waals surface area contributed by atoms with Crippen molar-refractivity contribution in [2.24, 2.45) is 0 Å². The first-order valence-electron chi connectivity index (χ1n) is 7.75. The number of halogens is 3. The first-order chi connectivity index (χ1) is 12.0. The molecule has 130 valence electrons. The number of imide groups is 1. The van der Waals surface area contributed by atoms with Crippen molar-refractivity contribution in [3.8, 4) is 0 Å². The van der Waals surface area contributed by atoms with E-state index in [4.69, 9.17) is 34.8 Å². The number of hydrogen-bond donors (Lipinski definition) is 1. The third-order valence-corrected chi connectivity index (χ3v) is 4.87. The van der Waals surface area contributed by atoms with Crippen LogP contribution in [-0.2, 0) is 16.0 Å². The second-order valence-electron chi connectivity index (χ2n) is 5.74. The lowest BCUT2D eigenvalue weighted by Crippen LogP contribution is -2.39. The number of benzene rings is 2. The van der Waals surface area contributed by atoms with Crippen molar-refractivity contribution < 1.29 is 9.59 Å². The summed E-state index contributed by atoms with van der Waals surface area (Å²) in [5.41, 5.74) is 1.47. The second-order valence-corrected chi connectivity index (χ2v) is 7.02. The van der Waals surface area contributed by atoms with Crippen molar-refractivity contribution in [3.63, 3.8) is 0 Å². The Labute approximate surface area is 160 Å². The zero-order chi connectivity index (χ0) is 18.0. The molecule has 2 amide bonds. The van der Waals surface area contributed by atoms with Crippen LogP contribution in [0.4, 0.5) is 5.69 Å². The molecule has 1 heterocycles. The smallest absolute Gasteiger partial charge is 0.251 e. The van der Waals surface area contributed by atoms with Crippen LogP contribution in [-0.4, -0.2) is 24.4 Å². The van der Waals surface area contributed by atoms with Gasteiger partial charge in [0, 0.05) is 15.1 Å². The van der Waals surface area contributed by atoms with Crippen LogP contribution in [0.5, 0.6) is 0 Å². The van der Waals surface area contributed by atoms with Gasteiger partial charge in [0.1, 0.15) is 0 Å². The van der Waals surface area contributed by atoms with Crippen LogP contribution in [0.3, 0.4) is 0 Å². The van der Waals surface area contributed by atoms with Crippen molar-refractivity contribution in [3.05, 3.63) is 63.1 Å². The molecule has 1 atom stereocenters. The van der Waals surface area contributed by atoms with Crippen LogP contribution in [0.2, 0.25) is 15.1 Å². The molecule has 1 aliphatic heterocycles. The van der Waals surface area contributed by atoms with Crippen LogP contribution < -0.4 is 10.2 Å². The number of amides is 2. The summed E-state index contributed by atoms with van der Waals surface area (Å²) in [5.74, 6) is -0.483. The minimum Gasteiger partial charge on any atom is -0.305 e. The molecule has 2 aromatic carbocycles. The summed E-state index contributed by atoms with van der Waals surface area (Å²) in [7, 11) is 0. The predicted molar refractivity (Wildman–Crippen MR) is 101 cm³/mol. The topological polar surface area (TPSA) is 49.4 Å². The summed E-state index contributed by atoms with van der Waals surface area (Å²) >= 11 is 17.9. The van der Waals surface area contributed by atoms with Gasteiger partial charge in [-0.05, 0) is 54.9 Å². The third kappa shape index (κ3) is 4.15. The van der Waals surface area contributed by atoms with Gasteiger partial charge in [-0.2, -0.15) is 0 Å². The van der Waals surface area contributed by atoms with E-state index in [2.05, 4.69) is 5.32 Å². The Morgan fingerprint density at radius 2 is 1.68 bits per heavy atom. The molecule has 25 heavy (non-hydrogen) atoms. The predicted octanol–water partition coefficient (Wildman–Crippen LogP) is 4.11. The van der Waals surface area contributed by atoms with Crippen LogP contribution in [0.1, 0.15) is 12.0 Å². The van der Waals surface area contributed by atoms with Gasteiger partial charge in [-0.3, -0.25) is 9.59 Å². The Morgan fingerprint density at radius 3 is 2.36 bits per heavy atom. The molecule has 0 radical (unpaired) electrons. The first-order valence-corrected chi connectivity index (χ1v) is 8.89. The summed E-state index contributed by atoms with van der Waals surface area (Å²) in [6.45, 7) is 0.527. The normalized spacial score (nSPS) is 17.4. The molecule has 0 spiro atoms. The van der Waals surface area contributed by atoms with E-state index >= 15 is 0 Å². The fraction of sp³-hybridized carbons (Fsp3) is 0.222. The Kier molecular flexibility index (Phi) is 5.64. The molecule has 0 unspecified atom stereocenters. The molecular formula is C18H15Cl3N2O2. The highest BCUT2D eigenvalue weighted by Crippen LogP contribution is 2.25. The number of anilines is 1. The Balaban J connectivity index is 1.61. The van der Waals surface area contributed by atoms with E-state index in [0.717, 1.165) is 5.56 Å². The maximum atomic E-state index is 12.5. The SMILES string of the molecule is O=C1C[C@@H](NCCc2ccc(Cl)cc2Cl)C(=O)N1c1ccc(Cl)cc1. The van der Waals surface area contributed by atoms with E-state index in [-0.39, 0.29) is 18.2 Å². The van der Waals surface area contributed by atoms with Gasteiger partial charge in [0.25, 0.3) is 5.91 Å². The molecule has 0 aromatic heterocycles. The van der Waals surface area contributed by atoms with E-state index in [1.165, 1.54) is 4.90 Å². The molecule has 3 rings (SSSR count). The van der Waals surface area contributed by atoms with E-state index in [1.54, 1.807) is 36.4 Å². The molecule has 4 nitrogen and oxygen atoms in total. The van der Waals surface area contributed by atoms with Gasteiger partial charge in [-0.1, -0.05) is 40.9 Å². The number of rotatable bonds is 5. The highest BCUT2D eigenvalue weighted by atomic mass is 35.5. The minimum absolute atomic E-state index is 0.135. The molecule has 0 aliphatic carbocycles. The van der Waals surface area contributed by atoms with Crippen molar-refractivity contribution in [2.45, 2.75) is 18.9 Å². The maximum absolute atomic E-state index is 12.5. The number of nitrogens with zero attached hydrogens (tertiary/aromatic N) is 1. The molecule has 7 heteroatoms. The van der Waals surface area contributed by atoms with Gasteiger partial charge in [-0.25, -0.2) is 4.90 Å². The van der Waals surface area contributed by atoms with Crippen LogP contribution in [0.15, 0.2) is 42.5 Å². The fourth-order valence-corrected chi connectivity index (χ4v) is 3.39. The van der Waals surface area contributed by atoms with Crippen molar-refractivity contribution >= 4 is 52.3 Å². The van der Waals surface area contributed by atoms with Gasteiger partial charge < -0.3 is 5.32 Å². The summed E-state index contributed by atoms with van der Waals surface area (Å²) in [6.07, 6.45) is 0.769. The number of nitrogens with one attached hydrogen (secondary N) is 1. The standard InChI is InChI=1S/C18H15Cl3N2O2/c19-12-3-5-14(6-4-12)23-17(24)10-16(18(23)25)22-8-7-11-1-2-13(20)9-15(11)21/h1-6,9,16,22H,7-8,10H2/t16-/m1/s1. The van der Waals surface area contributed by atoms with E-state index in [0.29, 0.717) is 33.7 Å². The Morgan fingerprint density at radius 1 is 1.00 bits per heavy atom. The van der Waals surface area contributed by atoms with Crippen LogP contribution in [0, 0.1) is 0 Å². The Hall–Kier alpha value is -1.59. The molecule has 1 N–H and O–H groups in total. The molecular weight excluding hydrogens is 383 g/mol. The molecule has 0 saturated carbocycles. The number of carbonyl (C=O) groups excluding carboxylic acids is 2. The van der Waals surface area contributed by atoms with Crippen LogP contribution in [0.25, 0.3) is 0 Å².